The molecule has 0 aromatic rings. The zero-order chi connectivity index (χ0) is 6.69. The first-order valence-electron chi connectivity index (χ1n) is 3.64. The van der Waals surface area contributed by atoms with Crippen molar-refractivity contribution in [3.05, 3.63) is 0 Å². The Kier molecular flexibility index (Phi) is 2.32. The lowest BCUT2D eigenvalue weighted by Crippen LogP contribution is -2.08. The predicted molar refractivity (Wildman–Crippen MR) is 38.7 cm³/mol. The molecule has 0 bridgehead atoms. The lowest BCUT2D eigenvalue weighted by atomic mass is 9.61. The van der Waals surface area contributed by atoms with E-state index in [1.807, 2.05) is 7.28 Å². The maximum Gasteiger partial charge on any atom is 0.205 e. The lowest BCUT2D eigenvalue weighted by Gasteiger charge is -2.00. The Balaban J connectivity index is 2.19. The van der Waals surface area contributed by atoms with Crippen LogP contribution in [0.5, 0.6) is 0 Å². The minimum Gasteiger partial charge on any atom is -0.312 e. The van der Waals surface area contributed by atoms with Crippen LogP contribution in [0.3, 0.4) is 0 Å². The van der Waals surface area contributed by atoms with Crippen LogP contribution in [0.4, 0.5) is 0 Å². The first kappa shape index (κ1) is 6.85. The van der Waals surface area contributed by atoms with Crippen molar-refractivity contribution in [1.82, 2.24) is 0 Å². The summed E-state index contributed by atoms with van der Waals surface area (Å²) in [6, 6.07) is 0. The Labute approximate surface area is 57.1 Å². The van der Waals surface area contributed by atoms with E-state index >= 15 is 0 Å². The second-order valence-electron chi connectivity index (χ2n) is 2.82. The number of carbonyl (C=O) groups excluding carboxylic acids is 1. The molecule has 1 aliphatic carbocycles. The molecule has 0 aliphatic heterocycles. The summed E-state index contributed by atoms with van der Waals surface area (Å²) in [4.78, 5) is 10.5. The lowest BCUT2D eigenvalue weighted by molar-refractivity contribution is -0.110. The van der Waals surface area contributed by atoms with Crippen molar-refractivity contribution in [1.29, 1.82) is 0 Å². The van der Waals surface area contributed by atoms with Gasteiger partial charge in [-0.2, -0.15) is 0 Å². The molecule has 9 heavy (non-hydrogen) atoms. The van der Waals surface area contributed by atoms with Crippen LogP contribution in [0.2, 0.25) is 5.82 Å². The maximum absolute atomic E-state index is 10.5. The average molecular weight is 123 g/mol. The average Bonchev–Trinajstić information content (AvgIpc) is 2.15. The largest absolute Gasteiger partial charge is 0.312 e. The van der Waals surface area contributed by atoms with Crippen molar-refractivity contribution in [2.24, 2.45) is 0 Å². The molecule has 1 saturated carbocycles. The SMILES string of the molecule is CC(=O)[B]C1CCCC1. The van der Waals surface area contributed by atoms with Gasteiger partial charge in [0.1, 0.15) is 0 Å². The van der Waals surface area contributed by atoms with E-state index in [1.165, 1.54) is 25.7 Å². The third-order valence-corrected chi connectivity index (χ3v) is 1.87. The second kappa shape index (κ2) is 3.04. The Morgan fingerprint density at radius 1 is 1.44 bits per heavy atom. The van der Waals surface area contributed by atoms with Crippen LogP contribution < -0.4 is 0 Å². The molecule has 0 atom stereocenters. The monoisotopic (exact) mass is 123 g/mol. The highest BCUT2D eigenvalue weighted by atomic mass is 16.1. The van der Waals surface area contributed by atoms with E-state index in [1.54, 1.807) is 6.92 Å². The summed E-state index contributed by atoms with van der Waals surface area (Å²) < 4.78 is 0. The van der Waals surface area contributed by atoms with E-state index in [2.05, 4.69) is 0 Å². The zero-order valence-electron chi connectivity index (χ0n) is 5.89. The summed E-state index contributed by atoms with van der Waals surface area (Å²) in [6.45, 7) is 1.64. The third kappa shape index (κ3) is 2.21. The summed E-state index contributed by atoms with van der Waals surface area (Å²) >= 11 is 0. The van der Waals surface area contributed by atoms with Gasteiger partial charge in [-0.05, 0) is 6.92 Å². The molecule has 1 rings (SSSR count). The van der Waals surface area contributed by atoms with Gasteiger partial charge in [0.25, 0.3) is 0 Å². The topological polar surface area (TPSA) is 17.1 Å². The summed E-state index contributed by atoms with van der Waals surface area (Å²) in [5.41, 5.74) is 0.238. The van der Waals surface area contributed by atoms with Gasteiger partial charge in [-0.15, -0.1) is 0 Å². The van der Waals surface area contributed by atoms with Gasteiger partial charge in [0.05, 0.1) is 5.68 Å². The molecule has 1 nitrogen and oxygen atoms in total. The molecular weight excluding hydrogens is 111 g/mol. The second-order valence-corrected chi connectivity index (χ2v) is 2.82. The molecule has 0 heterocycles. The van der Waals surface area contributed by atoms with Gasteiger partial charge in [-0.1, -0.05) is 31.5 Å². The van der Waals surface area contributed by atoms with E-state index in [0.29, 0.717) is 5.82 Å². The van der Waals surface area contributed by atoms with Crippen molar-refractivity contribution in [3.63, 3.8) is 0 Å². The number of hydrogen-bond acceptors (Lipinski definition) is 1. The summed E-state index contributed by atoms with van der Waals surface area (Å²) in [7, 11) is 1.87. The van der Waals surface area contributed by atoms with Crippen LogP contribution in [0.15, 0.2) is 0 Å². The fourth-order valence-electron chi connectivity index (χ4n) is 1.46. The van der Waals surface area contributed by atoms with Gasteiger partial charge < -0.3 is 4.79 Å². The van der Waals surface area contributed by atoms with E-state index in [9.17, 15) is 4.79 Å². The minimum atomic E-state index is 0.238. The highest BCUT2D eigenvalue weighted by molar-refractivity contribution is 6.74. The predicted octanol–water partition coefficient (Wildman–Crippen LogP) is 1.60. The molecule has 1 aliphatic rings. The number of hydrogen-bond donors (Lipinski definition) is 0. The Bertz CT molecular complexity index is 105. The quantitative estimate of drug-likeness (QED) is 0.509. The minimum absolute atomic E-state index is 0.238. The molecule has 0 spiro atoms. The third-order valence-electron chi connectivity index (χ3n) is 1.87. The van der Waals surface area contributed by atoms with Crippen molar-refractivity contribution >= 4 is 13.0 Å². The molecule has 1 radical (unpaired) electrons. The molecule has 0 saturated heterocycles. The highest BCUT2D eigenvalue weighted by Crippen LogP contribution is 2.28. The zero-order valence-corrected chi connectivity index (χ0v) is 5.89. The van der Waals surface area contributed by atoms with Crippen LogP contribution in [0.1, 0.15) is 32.6 Å². The molecule has 2 heteroatoms. The maximum atomic E-state index is 10.5. The highest BCUT2D eigenvalue weighted by Gasteiger charge is 2.17. The van der Waals surface area contributed by atoms with E-state index < -0.39 is 0 Å². The summed E-state index contributed by atoms with van der Waals surface area (Å²) in [6.07, 6.45) is 5.10. The van der Waals surface area contributed by atoms with Gasteiger partial charge in [0, 0.05) is 0 Å². The smallest absolute Gasteiger partial charge is 0.205 e. The first-order chi connectivity index (χ1) is 4.29. The van der Waals surface area contributed by atoms with E-state index in [0.717, 1.165) is 0 Å². The van der Waals surface area contributed by atoms with Gasteiger partial charge in [0.15, 0.2) is 0 Å². The van der Waals surface area contributed by atoms with Crippen molar-refractivity contribution in [2.45, 2.75) is 38.4 Å². The molecule has 1 fully saturated rings. The molecule has 49 valence electrons. The molecule has 0 unspecified atom stereocenters. The van der Waals surface area contributed by atoms with Crippen LogP contribution >= 0.6 is 0 Å². The van der Waals surface area contributed by atoms with Gasteiger partial charge in [-0.25, -0.2) is 0 Å². The molecule has 0 aromatic carbocycles. The standard InChI is InChI=1S/C7H12BO/c1-6(9)8-7-4-2-3-5-7/h7H,2-5H2,1H3. The van der Waals surface area contributed by atoms with Crippen molar-refractivity contribution in [3.8, 4) is 0 Å². The molecular formula is C7H12BO. The number of rotatable bonds is 2. The van der Waals surface area contributed by atoms with Crippen molar-refractivity contribution in [2.75, 3.05) is 0 Å². The Morgan fingerprint density at radius 2 is 2.00 bits per heavy atom. The van der Waals surface area contributed by atoms with Crippen LogP contribution in [-0.2, 0) is 4.79 Å². The van der Waals surface area contributed by atoms with Crippen LogP contribution in [-0.4, -0.2) is 13.0 Å². The van der Waals surface area contributed by atoms with Crippen LogP contribution in [0.25, 0.3) is 0 Å². The summed E-state index contributed by atoms with van der Waals surface area (Å²) in [5.74, 6) is 0.613. The van der Waals surface area contributed by atoms with Gasteiger partial charge in [-0.3, -0.25) is 0 Å². The summed E-state index contributed by atoms with van der Waals surface area (Å²) in [5, 5.41) is 0. The molecule has 0 aromatic heterocycles. The van der Waals surface area contributed by atoms with Gasteiger partial charge in [0.2, 0.25) is 7.28 Å². The first-order valence-corrected chi connectivity index (χ1v) is 3.64. The van der Waals surface area contributed by atoms with Crippen LogP contribution in [0, 0.1) is 0 Å². The van der Waals surface area contributed by atoms with Gasteiger partial charge >= 0.3 is 0 Å². The Morgan fingerprint density at radius 3 is 2.44 bits per heavy atom. The van der Waals surface area contributed by atoms with E-state index in [-0.39, 0.29) is 5.68 Å². The fourth-order valence-corrected chi connectivity index (χ4v) is 1.46. The molecule has 0 amide bonds. The fraction of sp³-hybridized carbons (Fsp3) is 0.857. The Hall–Kier alpha value is -0.265. The number of carbonyl (C=O) groups is 1. The van der Waals surface area contributed by atoms with Crippen molar-refractivity contribution < 1.29 is 4.79 Å². The molecule has 0 N–H and O–H groups in total. The normalized spacial score (nSPS) is 20.1. The van der Waals surface area contributed by atoms with E-state index in [4.69, 9.17) is 0 Å².